The number of benzene rings is 1. The second kappa shape index (κ2) is 7.83. The average molecular weight is 402 g/mol. The van der Waals surface area contributed by atoms with Crippen LogP contribution in [0.3, 0.4) is 0 Å². The molecular formula is C19H22N4O4S. The highest BCUT2D eigenvalue weighted by molar-refractivity contribution is 7.99. The first-order valence-electron chi connectivity index (χ1n) is 9.40. The summed E-state index contributed by atoms with van der Waals surface area (Å²) in [6.07, 6.45) is 1.57. The number of nitrogens with zero attached hydrogens (tertiary/aromatic N) is 1. The van der Waals surface area contributed by atoms with Crippen molar-refractivity contribution in [3.63, 3.8) is 0 Å². The predicted octanol–water partition coefficient (Wildman–Crippen LogP) is 0.752. The van der Waals surface area contributed by atoms with Gasteiger partial charge in [-0.2, -0.15) is 11.8 Å². The van der Waals surface area contributed by atoms with Gasteiger partial charge in [-0.15, -0.1) is 0 Å². The molecular weight excluding hydrogens is 380 g/mol. The average Bonchev–Trinajstić information content (AvgIpc) is 3.28. The van der Waals surface area contributed by atoms with Crippen molar-refractivity contribution in [3.8, 4) is 0 Å². The number of urea groups is 1. The highest BCUT2D eigenvalue weighted by Gasteiger charge is 2.39. The summed E-state index contributed by atoms with van der Waals surface area (Å²) in [5, 5.41) is 8.08. The van der Waals surface area contributed by atoms with E-state index in [1.165, 1.54) is 4.90 Å². The molecule has 1 aromatic rings. The van der Waals surface area contributed by atoms with Crippen molar-refractivity contribution in [2.75, 3.05) is 11.5 Å². The Morgan fingerprint density at radius 2 is 2.11 bits per heavy atom. The van der Waals surface area contributed by atoms with Crippen LogP contribution in [0.5, 0.6) is 0 Å². The maximum absolute atomic E-state index is 12.8. The Balaban J connectivity index is 1.38. The molecule has 5 amide bonds. The number of hydrogen-bond donors (Lipinski definition) is 3. The lowest BCUT2D eigenvalue weighted by atomic mass is 10.0. The number of rotatable bonds is 4. The number of piperidine rings is 1. The lowest BCUT2D eigenvalue weighted by Gasteiger charge is -2.29. The van der Waals surface area contributed by atoms with E-state index in [9.17, 15) is 19.2 Å². The zero-order chi connectivity index (χ0) is 19.7. The van der Waals surface area contributed by atoms with E-state index >= 15 is 0 Å². The largest absolute Gasteiger partial charge is 0.335 e. The Labute approximate surface area is 166 Å². The molecule has 2 atom stereocenters. The van der Waals surface area contributed by atoms with Gasteiger partial charge in [-0.1, -0.05) is 12.1 Å². The molecule has 2 fully saturated rings. The van der Waals surface area contributed by atoms with Crippen molar-refractivity contribution in [2.24, 2.45) is 0 Å². The third-order valence-electron chi connectivity index (χ3n) is 5.31. The summed E-state index contributed by atoms with van der Waals surface area (Å²) in [4.78, 5) is 49.8. The molecule has 0 radical (unpaired) electrons. The van der Waals surface area contributed by atoms with Gasteiger partial charge in [-0.25, -0.2) is 4.79 Å². The molecule has 0 aromatic heterocycles. The quantitative estimate of drug-likeness (QED) is 0.645. The van der Waals surface area contributed by atoms with Crippen LogP contribution in [-0.2, 0) is 22.7 Å². The lowest BCUT2D eigenvalue weighted by molar-refractivity contribution is -0.136. The smallest absolute Gasteiger partial charge is 0.315 e. The molecule has 3 N–H and O–H groups in total. The molecule has 2 unspecified atom stereocenters. The molecule has 0 spiro atoms. The fraction of sp³-hybridized carbons (Fsp3) is 0.474. The molecule has 3 heterocycles. The van der Waals surface area contributed by atoms with Crippen LogP contribution in [0.1, 0.15) is 40.7 Å². The topological polar surface area (TPSA) is 108 Å². The summed E-state index contributed by atoms with van der Waals surface area (Å²) in [6, 6.07) is 4.91. The van der Waals surface area contributed by atoms with Gasteiger partial charge in [0.05, 0.1) is 0 Å². The highest BCUT2D eigenvalue weighted by Crippen LogP contribution is 2.28. The number of fused-ring (bicyclic) bond motifs is 1. The van der Waals surface area contributed by atoms with Gasteiger partial charge in [0.25, 0.3) is 5.91 Å². The maximum atomic E-state index is 12.8. The zero-order valence-electron chi connectivity index (χ0n) is 15.3. The third kappa shape index (κ3) is 3.84. The number of carbonyl (C=O) groups excluding carboxylic acids is 4. The Morgan fingerprint density at radius 3 is 2.86 bits per heavy atom. The van der Waals surface area contributed by atoms with Gasteiger partial charge in [0.1, 0.15) is 6.04 Å². The maximum Gasteiger partial charge on any atom is 0.315 e. The van der Waals surface area contributed by atoms with E-state index in [2.05, 4.69) is 16.0 Å². The van der Waals surface area contributed by atoms with Crippen LogP contribution in [0.2, 0.25) is 0 Å². The summed E-state index contributed by atoms with van der Waals surface area (Å²) < 4.78 is 0. The SMILES string of the molecule is O=C1CCC(N2Cc3ccc(CNC(=O)NC4CCSC4)cc3C2=O)C(=O)N1. The molecule has 9 heteroatoms. The minimum absolute atomic E-state index is 0.204. The van der Waals surface area contributed by atoms with E-state index in [0.29, 0.717) is 25.1 Å². The standard InChI is InChI=1S/C19H22N4O4S/c24-16-4-3-15(17(25)22-16)23-9-12-2-1-11(7-14(12)18(23)26)8-20-19(27)21-13-5-6-28-10-13/h1-2,7,13,15H,3-6,8-10H2,(H2,20,21,27)(H,22,24,25). The molecule has 28 heavy (non-hydrogen) atoms. The molecule has 1 aromatic carbocycles. The van der Waals surface area contributed by atoms with Crippen LogP contribution in [-0.4, -0.2) is 52.2 Å². The normalized spacial score (nSPS) is 24.1. The Kier molecular flexibility index (Phi) is 5.25. The molecule has 3 aliphatic rings. The minimum Gasteiger partial charge on any atom is -0.335 e. The first-order chi connectivity index (χ1) is 13.5. The Hall–Kier alpha value is -2.55. The predicted molar refractivity (Wildman–Crippen MR) is 104 cm³/mol. The lowest BCUT2D eigenvalue weighted by Crippen LogP contribution is -2.52. The third-order valence-corrected chi connectivity index (χ3v) is 6.47. The van der Waals surface area contributed by atoms with Crippen molar-refractivity contribution in [3.05, 3.63) is 34.9 Å². The van der Waals surface area contributed by atoms with Crippen molar-refractivity contribution in [1.82, 2.24) is 20.9 Å². The first kappa shape index (κ1) is 18.8. The van der Waals surface area contributed by atoms with Gasteiger partial charge in [-0.3, -0.25) is 19.7 Å². The second-order valence-electron chi connectivity index (χ2n) is 7.28. The number of imide groups is 1. The van der Waals surface area contributed by atoms with Crippen molar-refractivity contribution in [2.45, 2.75) is 44.4 Å². The summed E-state index contributed by atoms with van der Waals surface area (Å²) in [5.74, 6) is 1.09. The summed E-state index contributed by atoms with van der Waals surface area (Å²) >= 11 is 1.83. The van der Waals surface area contributed by atoms with E-state index in [-0.39, 0.29) is 30.3 Å². The van der Waals surface area contributed by atoms with Gasteiger partial charge in [0.15, 0.2) is 0 Å². The fourth-order valence-corrected chi connectivity index (χ4v) is 4.93. The van der Waals surface area contributed by atoms with Gasteiger partial charge in [-0.05, 0) is 35.8 Å². The summed E-state index contributed by atoms with van der Waals surface area (Å²) in [6.45, 7) is 0.679. The van der Waals surface area contributed by atoms with Crippen LogP contribution in [0, 0.1) is 0 Å². The fourth-order valence-electron chi connectivity index (χ4n) is 3.78. The highest BCUT2D eigenvalue weighted by atomic mass is 32.2. The van der Waals surface area contributed by atoms with E-state index < -0.39 is 11.9 Å². The number of carbonyl (C=O) groups is 4. The van der Waals surface area contributed by atoms with E-state index in [1.807, 2.05) is 23.9 Å². The van der Waals surface area contributed by atoms with Crippen molar-refractivity contribution in [1.29, 1.82) is 0 Å². The van der Waals surface area contributed by atoms with Crippen molar-refractivity contribution < 1.29 is 19.2 Å². The van der Waals surface area contributed by atoms with Crippen LogP contribution in [0.4, 0.5) is 4.79 Å². The van der Waals surface area contributed by atoms with Crippen LogP contribution < -0.4 is 16.0 Å². The molecule has 0 aliphatic carbocycles. The summed E-state index contributed by atoms with van der Waals surface area (Å²) in [7, 11) is 0. The van der Waals surface area contributed by atoms with Crippen LogP contribution in [0.25, 0.3) is 0 Å². The molecule has 2 saturated heterocycles. The minimum atomic E-state index is -0.616. The molecule has 3 aliphatic heterocycles. The molecule has 8 nitrogen and oxygen atoms in total. The van der Waals surface area contributed by atoms with E-state index in [1.54, 1.807) is 6.07 Å². The Morgan fingerprint density at radius 1 is 1.25 bits per heavy atom. The molecule has 0 bridgehead atoms. The number of hydrogen-bond acceptors (Lipinski definition) is 5. The zero-order valence-corrected chi connectivity index (χ0v) is 16.1. The van der Waals surface area contributed by atoms with E-state index in [0.717, 1.165) is 29.1 Å². The second-order valence-corrected chi connectivity index (χ2v) is 8.43. The molecule has 148 valence electrons. The monoisotopic (exact) mass is 402 g/mol. The molecule has 4 rings (SSSR count). The number of nitrogens with one attached hydrogen (secondary N) is 3. The summed E-state index contributed by atoms with van der Waals surface area (Å²) in [5.41, 5.74) is 2.23. The van der Waals surface area contributed by atoms with Crippen LogP contribution >= 0.6 is 11.8 Å². The van der Waals surface area contributed by atoms with E-state index in [4.69, 9.17) is 0 Å². The van der Waals surface area contributed by atoms with Gasteiger partial charge < -0.3 is 15.5 Å². The van der Waals surface area contributed by atoms with Crippen molar-refractivity contribution >= 4 is 35.5 Å². The Bertz CT molecular complexity index is 837. The van der Waals surface area contributed by atoms with Gasteiger partial charge >= 0.3 is 6.03 Å². The number of thioether (sulfide) groups is 1. The molecule has 0 saturated carbocycles. The number of amides is 5. The first-order valence-corrected chi connectivity index (χ1v) is 10.6. The van der Waals surface area contributed by atoms with Gasteiger partial charge in [0, 0.05) is 36.9 Å². The van der Waals surface area contributed by atoms with Gasteiger partial charge in [0.2, 0.25) is 11.8 Å². The van der Waals surface area contributed by atoms with Crippen LogP contribution in [0.15, 0.2) is 18.2 Å².